The van der Waals surface area contributed by atoms with Gasteiger partial charge in [-0.3, -0.25) is 4.79 Å². The van der Waals surface area contributed by atoms with Crippen LogP contribution in [0.4, 0.5) is 5.69 Å². The molecule has 72 valence electrons. The van der Waals surface area contributed by atoms with Crippen LogP contribution in [0, 0.1) is 5.21 Å². The summed E-state index contributed by atoms with van der Waals surface area (Å²) in [6, 6.07) is 7.26. The van der Waals surface area contributed by atoms with Crippen molar-refractivity contribution in [2.45, 2.75) is 0 Å². The lowest BCUT2D eigenvalue weighted by atomic mass is 10.1. The average molecular weight is 190 g/mol. The fourth-order valence-corrected chi connectivity index (χ4v) is 1.65. The second-order valence-corrected chi connectivity index (χ2v) is 3.23. The van der Waals surface area contributed by atoms with E-state index in [4.69, 9.17) is 0 Å². The van der Waals surface area contributed by atoms with Crippen molar-refractivity contribution in [2.75, 3.05) is 19.0 Å². The topological polar surface area (TPSA) is 46.4 Å². The highest BCUT2D eigenvalue weighted by atomic mass is 16.5. The number of amides is 1. The lowest BCUT2D eigenvalue weighted by Gasteiger charge is -2.06. The number of hydrogen-bond donors (Lipinski definition) is 0. The molecule has 14 heavy (non-hydrogen) atoms. The SMILES string of the molecule is CN1C(=O)/C(=[N+](/C)[O-])c2ccccc21. The first kappa shape index (κ1) is 8.74. The Morgan fingerprint density at radius 3 is 2.64 bits per heavy atom. The van der Waals surface area contributed by atoms with Gasteiger partial charge in [0.15, 0.2) is 0 Å². The summed E-state index contributed by atoms with van der Waals surface area (Å²) in [5, 5.41) is 11.2. The molecule has 0 bridgehead atoms. The van der Waals surface area contributed by atoms with Gasteiger partial charge in [-0.2, -0.15) is 0 Å². The van der Waals surface area contributed by atoms with E-state index in [1.807, 2.05) is 18.2 Å². The fraction of sp³-hybridized carbons (Fsp3) is 0.200. The Morgan fingerprint density at radius 2 is 2.00 bits per heavy atom. The Kier molecular flexibility index (Phi) is 1.77. The van der Waals surface area contributed by atoms with Crippen molar-refractivity contribution in [2.24, 2.45) is 0 Å². The van der Waals surface area contributed by atoms with E-state index in [9.17, 15) is 10.0 Å². The van der Waals surface area contributed by atoms with E-state index in [1.54, 1.807) is 13.1 Å². The molecule has 0 radical (unpaired) electrons. The molecule has 2 rings (SSSR count). The van der Waals surface area contributed by atoms with Crippen LogP contribution in [0.2, 0.25) is 0 Å². The van der Waals surface area contributed by atoms with Crippen LogP contribution in [0.1, 0.15) is 5.56 Å². The van der Waals surface area contributed by atoms with Gasteiger partial charge < -0.3 is 10.1 Å². The van der Waals surface area contributed by atoms with E-state index in [1.165, 1.54) is 11.9 Å². The number of nitrogens with zero attached hydrogens (tertiary/aromatic N) is 2. The van der Waals surface area contributed by atoms with Crippen LogP contribution in [-0.4, -0.2) is 30.5 Å². The Labute approximate surface area is 81.7 Å². The number of benzene rings is 1. The normalized spacial score (nSPS) is 18.4. The molecule has 4 heteroatoms. The van der Waals surface area contributed by atoms with Crippen molar-refractivity contribution in [3.05, 3.63) is 35.0 Å². The van der Waals surface area contributed by atoms with E-state index < -0.39 is 0 Å². The van der Waals surface area contributed by atoms with Crippen LogP contribution in [0.15, 0.2) is 24.3 Å². The minimum absolute atomic E-state index is 0.211. The molecule has 0 fully saturated rings. The summed E-state index contributed by atoms with van der Waals surface area (Å²) in [6.45, 7) is 0. The molecule has 0 atom stereocenters. The molecule has 1 heterocycles. The van der Waals surface area contributed by atoms with Gasteiger partial charge in [0, 0.05) is 7.05 Å². The van der Waals surface area contributed by atoms with Gasteiger partial charge in [-0.05, 0) is 12.1 Å². The van der Waals surface area contributed by atoms with E-state index in [2.05, 4.69) is 0 Å². The van der Waals surface area contributed by atoms with Gasteiger partial charge in [0.25, 0.3) is 5.71 Å². The predicted octanol–water partition coefficient (Wildman–Crippen LogP) is 0.592. The van der Waals surface area contributed by atoms with Crippen LogP contribution in [0.25, 0.3) is 0 Å². The number of hydrogen-bond acceptors (Lipinski definition) is 2. The van der Waals surface area contributed by atoms with E-state index >= 15 is 0 Å². The number of anilines is 1. The Balaban J connectivity index is 2.72. The number of fused-ring (bicyclic) bond motifs is 1. The number of likely N-dealkylation sites (N-methyl/N-ethyl adjacent to an activating group) is 1. The molecule has 0 saturated carbocycles. The van der Waals surface area contributed by atoms with Crippen molar-refractivity contribution in [1.29, 1.82) is 0 Å². The van der Waals surface area contributed by atoms with Crippen LogP contribution >= 0.6 is 0 Å². The molecule has 0 aromatic heterocycles. The number of carbonyl (C=O) groups excluding carboxylic acids is 1. The van der Waals surface area contributed by atoms with Gasteiger partial charge >= 0.3 is 5.91 Å². The van der Waals surface area contributed by atoms with E-state index in [0.717, 1.165) is 5.69 Å². The van der Waals surface area contributed by atoms with Gasteiger partial charge in [-0.1, -0.05) is 12.1 Å². The highest BCUT2D eigenvalue weighted by Gasteiger charge is 2.36. The summed E-state index contributed by atoms with van der Waals surface area (Å²) in [5.41, 5.74) is 1.70. The maximum absolute atomic E-state index is 11.7. The third-order valence-corrected chi connectivity index (χ3v) is 2.34. The number of hydroxylamine groups is 1. The minimum atomic E-state index is -0.247. The molecule has 0 aliphatic carbocycles. The monoisotopic (exact) mass is 190 g/mol. The van der Waals surface area contributed by atoms with Crippen LogP contribution in [-0.2, 0) is 4.79 Å². The quantitative estimate of drug-likeness (QED) is 0.341. The van der Waals surface area contributed by atoms with Crippen LogP contribution in [0.3, 0.4) is 0 Å². The zero-order chi connectivity index (χ0) is 10.3. The lowest BCUT2D eigenvalue weighted by molar-refractivity contribution is -0.420. The smallest absolute Gasteiger partial charge is 0.324 e. The maximum Gasteiger partial charge on any atom is 0.324 e. The summed E-state index contributed by atoms with van der Waals surface area (Å²) in [6.07, 6.45) is 0. The zero-order valence-corrected chi connectivity index (χ0v) is 8.02. The second-order valence-electron chi connectivity index (χ2n) is 3.23. The van der Waals surface area contributed by atoms with Gasteiger partial charge in [-0.15, -0.1) is 0 Å². The summed E-state index contributed by atoms with van der Waals surface area (Å²) in [4.78, 5) is 13.1. The summed E-state index contributed by atoms with van der Waals surface area (Å²) in [7, 11) is 3.00. The molecule has 0 N–H and O–H groups in total. The summed E-state index contributed by atoms with van der Waals surface area (Å²) >= 11 is 0. The maximum atomic E-state index is 11.7. The van der Waals surface area contributed by atoms with Crippen molar-refractivity contribution in [1.82, 2.24) is 0 Å². The third-order valence-electron chi connectivity index (χ3n) is 2.34. The minimum Gasteiger partial charge on any atom is -0.623 e. The molecule has 1 amide bonds. The number of rotatable bonds is 0. The first-order chi connectivity index (χ1) is 6.63. The fourth-order valence-electron chi connectivity index (χ4n) is 1.65. The molecular weight excluding hydrogens is 180 g/mol. The van der Waals surface area contributed by atoms with Crippen LogP contribution in [0.5, 0.6) is 0 Å². The highest BCUT2D eigenvalue weighted by molar-refractivity contribution is 6.52. The highest BCUT2D eigenvalue weighted by Crippen LogP contribution is 2.26. The van der Waals surface area contributed by atoms with Gasteiger partial charge in [0.2, 0.25) is 0 Å². The molecule has 1 aromatic rings. The molecule has 0 unspecified atom stereocenters. The van der Waals surface area contributed by atoms with Gasteiger partial charge in [-0.25, -0.2) is 4.74 Å². The Hall–Kier alpha value is -1.84. The first-order valence-electron chi connectivity index (χ1n) is 4.28. The number of carbonyl (C=O) groups is 1. The molecule has 1 aliphatic rings. The second kappa shape index (κ2) is 2.83. The van der Waals surface area contributed by atoms with Crippen LogP contribution < -0.4 is 4.90 Å². The van der Waals surface area contributed by atoms with Gasteiger partial charge in [0.05, 0.1) is 11.3 Å². The average Bonchev–Trinajstić information content (AvgIpc) is 2.41. The number of para-hydroxylation sites is 1. The molecule has 1 aliphatic heterocycles. The summed E-state index contributed by atoms with van der Waals surface area (Å²) < 4.78 is 0.616. The van der Waals surface area contributed by atoms with Crippen molar-refractivity contribution in [3.8, 4) is 0 Å². The summed E-state index contributed by atoms with van der Waals surface area (Å²) in [5.74, 6) is -0.247. The first-order valence-corrected chi connectivity index (χ1v) is 4.28. The molecule has 4 nitrogen and oxygen atoms in total. The van der Waals surface area contributed by atoms with Crippen molar-refractivity contribution in [3.63, 3.8) is 0 Å². The molecule has 0 spiro atoms. The standard InChI is InChI=1S/C10H10N2O2/c1-11-8-6-4-3-5-7(8)9(10(11)13)12(2)14/h3-6H,1-2H3/b12-9-. The Bertz CT molecular complexity index is 434. The molecule has 0 saturated heterocycles. The third kappa shape index (κ3) is 1.00. The van der Waals surface area contributed by atoms with E-state index in [-0.39, 0.29) is 11.6 Å². The van der Waals surface area contributed by atoms with Crippen molar-refractivity contribution >= 4 is 17.3 Å². The van der Waals surface area contributed by atoms with E-state index in [0.29, 0.717) is 10.3 Å². The lowest BCUT2D eigenvalue weighted by Crippen LogP contribution is -2.29. The predicted molar refractivity (Wildman–Crippen MR) is 53.5 cm³/mol. The largest absolute Gasteiger partial charge is 0.623 e. The van der Waals surface area contributed by atoms with Crippen molar-refractivity contribution < 1.29 is 9.53 Å². The molecule has 1 aromatic carbocycles. The zero-order valence-electron chi connectivity index (χ0n) is 8.02. The molecular formula is C10H10N2O2. The Morgan fingerprint density at radius 1 is 1.36 bits per heavy atom. The van der Waals surface area contributed by atoms with Gasteiger partial charge in [0.1, 0.15) is 7.05 Å².